The summed E-state index contributed by atoms with van der Waals surface area (Å²) in [6.07, 6.45) is 6.97. The second-order valence-electron chi connectivity index (χ2n) is 13.1. The zero-order valence-corrected chi connectivity index (χ0v) is 30.2. The zero-order chi connectivity index (χ0) is 37.4. The van der Waals surface area contributed by atoms with Crippen LogP contribution in [0.25, 0.3) is 0 Å². The number of nitrogens with zero attached hydrogens (tertiary/aromatic N) is 4. The number of rotatable bonds is 10. The maximum Gasteiger partial charge on any atom is 0.162 e. The lowest BCUT2D eigenvalue weighted by Gasteiger charge is -2.36. The van der Waals surface area contributed by atoms with Gasteiger partial charge >= 0.3 is 0 Å². The first-order chi connectivity index (χ1) is 26.5. The van der Waals surface area contributed by atoms with Crippen molar-refractivity contribution >= 4 is 11.6 Å². The van der Waals surface area contributed by atoms with Crippen molar-refractivity contribution in [1.29, 1.82) is 0 Å². The lowest BCUT2D eigenvalue weighted by atomic mass is 9.77. The molecule has 0 atom stereocenters. The van der Waals surface area contributed by atoms with Crippen LogP contribution in [0.4, 0.5) is 0 Å². The molecular formula is C48H40N4O2. The predicted molar refractivity (Wildman–Crippen MR) is 214 cm³/mol. The summed E-state index contributed by atoms with van der Waals surface area (Å²) in [5.41, 5.74) is 6.36. The van der Waals surface area contributed by atoms with Crippen LogP contribution in [0.15, 0.2) is 207 Å². The summed E-state index contributed by atoms with van der Waals surface area (Å²) in [5, 5.41) is 9.27. The summed E-state index contributed by atoms with van der Waals surface area (Å²) in [4.78, 5) is 23.9. The standard InChI is InChI=1S/2C24H20N2O/c2*1-19(27)20-17-25-26(18-20)24(21-11-5-2-6-12-21,22-13-7-3-8-14-22)23-15-9-4-10-16-23/h2*2-18H,1H3. The molecule has 0 unspecified atom stereocenters. The molecular weight excluding hydrogens is 665 g/mol. The quantitative estimate of drug-likeness (QED) is 0.105. The van der Waals surface area contributed by atoms with Crippen molar-refractivity contribution < 1.29 is 9.59 Å². The molecule has 6 aromatic carbocycles. The van der Waals surface area contributed by atoms with Crippen LogP contribution in [0.1, 0.15) is 67.9 Å². The lowest BCUT2D eigenvalue weighted by molar-refractivity contribution is 0.100. The van der Waals surface area contributed by atoms with Gasteiger partial charge in [-0.25, -0.2) is 0 Å². The molecule has 6 nitrogen and oxygen atoms in total. The fourth-order valence-electron chi connectivity index (χ4n) is 7.25. The van der Waals surface area contributed by atoms with Crippen LogP contribution >= 0.6 is 0 Å². The first-order valence-corrected chi connectivity index (χ1v) is 17.9. The van der Waals surface area contributed by atoms with Crippen molar-refractivity contribution in [2.24, 2.45) is 0 Å². The highest BCUT2D eigenvalue weighted by Gasteiger charge is 2.40. The van der Waals surface area contributed by atoms with Crippen molar-refractivity contribution in [3.05, 3.63) is 251 Å². The van der Waals surface area contributed by atoms with Gasteiger partial charge in [0.25, 0.3) is 0 Å². The Morgan fingerprint density at radius 1 is 0.370 bits per heavy atom. The van der Waals surface area contributed by atoms with Gasteiger partial charge in [0.2, 0.25) is 0 Å². The van der Waals surface area contributed by atoms with Crippen molar-refractivity contribution in [1.82, 2.24) is 19.6 Å². The van der Waals surface area contributed by atoms with E-state index in [4.69, 9.17) is 0 Å². The molecule has 0 bridgehead atoms. The van der Waals surface area contributed by atoms with Gasteiger partial charge in [-0.1, -0.05) is 182 Å². The molecule has 2 heterocycles. The largest absolute Gasteiger partial charge is 0.294 e. The minimum absolute atomic E-state index is 0.00401. The third-order valence-corrected chi connectivity index (χ3v) is 9.81. The molecule has 0 aliphatic rings. The molecule has 0 fully saturated rings. The first kappa shape index (κ1) is 35.5. The molecule has 8 rings (SSSR count). The Morgan fingerprint density at radius 3 is 0.741 bits per heavy atom. The van der Waals surface area contributed by atoms with Gasteiger partial charge in [0, 0.05) is 12.4 Å². The summed E-state index contributed by atoms with van der Waals surface area (Å²) >= 11 is 0. The van der Waals surface area contributed by atoms with E-state index in [1.54, 1.807) is 26.2 Å². The third kappa shape index (κ3) is 6.61. The summed E-state index contributed by atoms with van der Waals surface area (Å²) < 4.78 is 3.81. The molecule has 2 aromatic heterocycles. The van der Waals surface area contributed by atoms with Crippen molar-refractivity contribution in [2.75, 3.05) is 0 Å². The molecule has 0 aliphatic carbocycles. The van der Waals surface area contributed by atoms with E-state index in [0.717, 1.165) is 33.4 Å². The zero-order valence-electron chi connectivity index (χ0n) is 30.2. The fraction of sp³-hybridized carbons (Fsp3) is 0.0833. The molecule has 0 aliphatic heterocycles. The van der Waals surface area contributed by atoms with Gasteiger partial charge in [-0.15, -0.1) is 0 Å². The Bertz CT molecular complexity index is 2060. The summed E-state index contributed by atoms with van der Waals surface area (Å²) in [5.74, 6) is 0.00803. The van der Waals surface area contributed by atoms with Crippen LogP contribution in [0.2, 0.25) is 0 Å². The van der Waals surface area contributed by atoms with Crippen LogP contribution in [0.3, 0.4) is 0 Å². The van der Waals surface area contributed by atoms with Crippen molar-refractivity contribution in [3.8, 4) is 0 Å². The van der Waals surface area contributed by atoms with Crippen molar-refractivity contribution in [3.63, 3.8) is 0 Å². The monoisotopic (exact) mass is 704 g/mol. The highest BCUT2D eigenvalue weighted by molar-refractivity contribution is 5.94. The molecule has 0 N–H and O–H groups in total. The number of ketones is 2. The van der Waals surface area contributed by atoms with E-state index >= 15 is 0 Å². The van der Waals surface area contributed by atoms with E-state index in [-0.39, 0.29) is 11.6 Å². The van der Waals surface area contributed by atoms with E-state index in [0.29, 0.717) is 11.1 Å². The van der Waals surface area contributed by atoms with Gasteiger partial charge in [-0.2, -0.15) is 10.2 Å². The lowest BCUT2D eigenvalue weighted by Crippen LogP contribution is -2.38. The number of hydrogen-bond donors (Lipinski definition) is 0. The summed E-state index contributed by atoms with van der Waals surface area (Å²) in [6.45, 7) is 3.13. The number of benzene rings is 6. The van der Waals surface area contributed by atoms with E-state index in [1.165, 1.54) is 0 Å². The van der Waals surface area contributed by atoms with Gasteiger partial charge in [0.15, 0.2) is 11.6 Å². The number of carbonyl (C=O) groups excluding carboxylic acids is 2. The Labute approximate surface area is 316 Å². The van der Waals surface area contributed by atoms with Crippen LogP contribution in [0.5, 0.6) is 0 Å². The van der Waals surface area contributed by atoms with Gasteiger partial charge in [0.05, 0.1) is 23.5 Å². The molecule has 6 heteroatoms. The second-order valence-corrected chi connectivity index (χ2v) is 13.1. The van der Waals surface area contributed by atoms with Crippen LogP contribution in [-0.4, -0.2) is 31.1 Å². The number of Topliss-reactive ketones (excluding diaryl/α,β-unsaturated/α-hetero) is 2. The number of carbonyl (C=O) groups is 2. The highest BCUT2D eigenvalue weighted by atomic mass is 16.1. The topological polar surface area (TPSA) is 69.8 Å². The molecule has 54 heavy (non-hydrogen) atoms. The van der Waals surface area contributed by atoms with Crippen molar-refractivity contribution in [2.45, 2.75) is 24.9 Å². The van der Waals surface area contributed by atoms with Gasteiger partial charge < -0.3 is 0 Å². The van der Waals surface area contributed by atoms with E-state index < -0.39 is 11.1 Å². The molecule has 0 saturated carbocycles. The fourth-order valence-corrected chi connectivity index (χ4v) is 7.25. The molecule has 0 saturated heterocycles. The van der Waals surface area contributed by atoms with Crippen LogP contribution < -0.4 is 0 Å². The molecule has 264 valence electrons. The maximum absolute atomic E-state index is 11.9. The van der Waals surface area contributed by atoms with Gasteiger partial charge in [0.1, 0.15) is 11.1 Å². The average molecular weight is 705 g/mol. The normalized spacial score (nSPS) is 11.3. The number of aromatic nitrogens is 4. The Morgan fingerprint density at radius 2 is 0.574 bits per heavy atom. The number of hydrogen-bond acceptors (Lipinski definition) is 4. The maximum atomic E-state index is 11.9. The van der Waals surface area contributed by atoms with E-state index in [1.807, 2.05) is 131 Å². The van der Waals surface area contributed by atoms with Gasteiger partial charge in [-0.05, 0) is 47.2 Å². The Balaban J connectivity index is 0.000000167. The Hall–Kier alpha value is -6.92. The molecule has 0 amide bonds. The highest BCUT2D eigenvalue weighted by Crippen LogP contribution is 2.41. The van der Waals surface area contributed by atoms with E-state index in [9.17, 15) is 9.59 Å². The minimum Gasteiger partial charge on any atom is -0.294 e. The summed E-state index contributed by atoms with van der Waals surface area (Å²) in [7, 11) is 0. The summed E-state index contributed by atoms with van der Waals surface area (Å²) in [6, 6.07) is 61.7. The first-order valence-electron chi connectivity index (χ1n) is 17.9. The molecule has 8 aromatic rings. The second kappa shape index (κ2) is 15.8. The van der Waals surface area contributed by atoms with Crippen LogP contribution in [-0.2, 0) is 11.1 Å². The van der Waals surface area contributed by atoms with Gasteiger partial charge in [-0.3, -0.25) is 19.0 Å². The predicted octanol–water partition coefficient (Wildman–Crippen LogP) is 9.85. The SMILES string of the molecule is CC(=O)c1cnn(C(c2ccccc2)(c2ccccc2)c2ccccc2)c1.CC(=O)c1cnn(C(c2ccccc2)(c2ccccc2)c2ccccc2)c1. The molecule has 0 radical (unpaired) electrons. The smallest absolute Gasteiger partial charge is 0.162 e. The third-order valence-electron chi connectivity index (χ3n) is 9.81. The Kier molecular flexibility index (Phi) is 10.4. The molecule has 0 spiro atoms. The minimum atomic E-state index is -0.669. The van der Waals surface area contributed by atoms with E-state index in [2.05, 4.69) is 83.0 Å². The van der Waals surface area contributed by atoms with Crippen LogP contribution in [0, 0.1) is 0 Å². The average Bonchev–Trinajstić information content (AvgIpc) is 3.94.